The van der Waals surface area contributed by atoms with Crippen molar-refractivity contribution in [2.24, 2.45) is 0 Å². The Hall–Kier alpha value is -0.830. The van der Waals surface area contributed by atoms with Crippen LogP contribution < -0.4 is 5.48 Å². The highest BCUT2D eigenvalue weighted by molar-refractivity contribution is 5.85. The van der Waals surface area contributed by atoms with Crippen molar-refractivity contribution in [1.82, 2.24) is 5.48 Å². The van der Waals surface area contributed by atoms with Crippen LogP contribution in [0.1, 0.15) is 12.0 Å². The molecule has 0 heterocycles. The van der Waals surface area contributed by atoms with Gasteiger partial charge in [0.15, 0.2) is 0 Å². The molecule has 0 bridgehead atoms. The third-order valence-corrected chi connectivity index (χ3v) is 1.63. The first-order valence-corrected chi connectivity index (χ1v) is 4.43. The molecule has 0 unspecified atom stereocenters. The number of halogens is 1. The van der Waals surface area contributed by atoms with Gasteiger partial charge in [0.2, 0.25) is 0 Å². The topological polar surface area (TPSA) is 21.3 Å². The maximum atomic E-state index is 5.22. The van der Waals surface area contributed by atoms with E-state index in [1.807, 2.05) is 36.4 Å². The average molecular weight is 214 g/mol. The maximum absolute atomic E-state index is 5.22. The minimum Gasteiger partial charge on any atom is -0.297 e. The van der Waals surface area contributed by atoms with E-state index < -0.39 is 0 Å². The lowest BCUT2D eigenvalue weighted by molar-refractivity contribution is 0.0292. The minimum atomic E-state index is 0. The molecule has 0 aliphatic rings. The molecule has 0 fully saturated rings. The Bertz CT molecular complexity index is 238. The third kappa shape index (κ3) is 5.75. The fraction of sp³-hybridized carbons (Fsp3) is 0.273. The van der Waals surface area contributed by atoms with Crippen LogP contribution in [0.25, 0.3) is 0 Å². The summed E-state index contributed by atoms with van der Waals surface area (Å²) in [5, 5.41) is 0. The average Bonchev–Trinajstić information content (AvgIpc) is 2.19. The van der Waals surface area contributed by atoms with Gasteiger partial charge in [0.25, 0.3) is 0 Å². The number of nitrogens with one attached hydrogen (secondary N) is 1. The van der Waals surface area contributed by atoms with Gasteiger partial charge in [-0.2, -0.15) is 0 Å². The van der Waals surface area contributed by atoms with Crippen LogP contribution >= 0.6 is 12.4 Å². The molecule has 0 saturated carbocycles. The lowest BCUT2D eigenvalue weighted by atomic mass is 10.2. The van der Waals surface area contributed by atoms with Gasteiger partial charge in [-0.05, 0) is 12.0 Å². The lowest BCUT2D eigenvalue weighted by Gasteiger charge is -2.03. The second kappa shape index (κ2) is 8.75. The summed E-state index contributed by atoms with van der Waals surface area (Å²) in [6.45, 7) is 5.05. The fourth-order valence-electron chi connectivity index (χ4n) is 0.942. The van der Waals surface area contributed by atoms with Gasteiger partial charge in [-0.15, -0.1) is 19.0 Å². The SMILES string of the molecule is C=CCCNOCc1ccccc1.Cl. The summed E-state index contributed by atoms with van der Waals surface area (Å²) in [5.41, 5.74) is 4.04. The zero-order valence-corrected chi connectivity index (χ0v) is 8.93. The Morgan fingerprint density at radius 1 is 1.29 bits per heavy atom. The molecule has 1 rings (SSSR count). The van der Waals surface area contributed by atoms with E-state index in [1.165, 1.54) is 5.56 Å². The quantitative estimate of drug-likeness (QED) is 0.446. The molecule has 0 saturated heterocycles. The predicted molar refractivity (Wildman–Crippen MR) is 61.3 cm³/mol. The Kier molecular flexibility index (Phi) is 8.24. The molecule has 0 aliphatic heterocycles. The molecular formula is C11H16ClNO. The number of hydrogen-bond donors (Lipinski definition) is 1. The van der Waals surface area contributed by atoms with Crippen molar-refractivity contribution in [3.63, 3.8) is 0 Å². The zero-order chi connectivity index (χ0) is 9.36. The summed E-state index contributed by atoms with van der Waals surface area (Å²) in [6, 6.07) is 10.1. The van der Waals surface area contributed by atoms with E-state index in [-0.39, 0.29) is 12.4 Å². The van der Waals surface area contributed by atoms with Crippen molar-refractivity contribution in [1.29, 1.82) is 0 Å². The monoisotopic (exact) mass is 213 g/mol. The summed E-state index contributed by atoms with van der Waals surface area (Å²) in [7, 11) is 0. The normalized spacial score (nSPS) is 9.14. The summed E-state index contributed by atoms with van der Waals surface area (Å²) < 4.78 is 0. The minimum absolute atomic E-state index is 0. The van der Waals surface area contributed by atoms with E-state index in [0.29, 0.717) is 6.61 Å². The standard InChI is InChI=1S/C11H15NO.ClH/c1-2-3-9-12-13-10-11-7-5-4-6-8-11;/h2,4-8,12H,1,3,9-10H2;1H. The van der Waals surface area contributed by atoms with Crippen molar-refractivity contribution in [2.75, 3.05) is 6.54 Å². The Morgan fingerprint density at radius 3 is 2.64 bits per heavy atom. The van der Waals surface area contributed by atoms with Crippen LogP contribution in [0.4, 0.5) is 0 Å². The second-order valence-corrected chi connectivity index (χ2v) is 2.75. The molecule has 1 N–H and O–H groups in total. The van der Waals surface area contributed by atoms with Gasteiger partial charge in [-0.1, -0.05) is 36.4 Å². The predicted octanol–water partition coefficient (Wildman–Crippen LogP) is 2.71. The molecule has 0 aliphatic carbocycles. The molecule has 0 aromatic heterocycles. The van der Waals surface area contributed by atoms with E-state index >= 15 is 0 Å². The van der Waals surface area contributed by atoms with Gasteiger partial charge in [0, 0.05) is 6.54 Å². The highest BCUT2D eigenvalue weighted by Crippen LogP contribution is 1.98. The largest absolute Gasteiger partial charge is 0.297 e. The van der Waals surface area contributed by atoms with Gasteiger partial charge < -0.3 is 0 Å². The smallest absolute Gasteiger partial charge is 0.0933 e. The molecule has 2 nitrogen and oxygen atoms in total. The number of benzene rings is 1. The third-order valence-electron chi connectivity index (χ3n) is 1.63. The molecule has 0 spiro atoms. The molecule has 1 aromatic rings. The summed E-state index contributed by atoms with van der Waals surface area (Å²) in [5.74, 6) is 0. The number of rotatable bonds is 6. The number of hydrogen-bond acceptors (Lipinski definition) is 2. The first-order chi connectivity index (χ1) is 6.43. The summed E-state index contributed by atoms with van der Waals surface area (Å²) in [4.78, 5) is 5.22. The molecule has 78 valence electrons. The summed E-state index contributed by atoms with van der Waals surface area (Å²) >= 11 is 0. The van der Waals surface area contributed by atoms with E-state index in [0.717, 1.165) is 13.0 Å². The first kappa shape index (κ1) is 13.2. The van der Waals surface area contributed by atoms with Gasteiger partial charge in [-0.25, -0.2) is 5.48 Å². The highest BCUT2D eigenvalue weighted by atomic mass is 35.5. The molecule has 1 aromatic carbocycles. The molecule has 3 heteroatoms. The number of hydroxylamine groups is 1. The first-order valence-electron chi connectivity index (χ1n) is 4.43. The summed E-state index contributed by atoms with van der Waals surface area (Å²) in [6.07, 6.45) is 2.79. The second-order valence-electron chi connectivity index (χ2n) is 2.75. The van der Waals surface area contributed by atoms with E-state index in [4.69, 9.17) is 4.84 Å². The lowest BCUT2D eigenvalue weighted by Crippen LogP contribution is -2.15. The van der Waals surface area contributed by atoms with Crippen LogP contribution in [0.15, 0.2) is 43.0 Å². The molecule has 0 atom stereocenters. The van der Waals surface area contributed by atoms with Crippen LogP contribution in [0.3, 0.4) is 0 Å². The van der Waals surface area contributed by atoms with Crippen molar-refractivity contribution >= 4 is 12.4 Å². The van der Waals surface area contributed by atoms with Gasteiger partial charge in [0.1, 0.15) is 0 Å². The van der Waals surface area contributed by atoms with Crippen molar-refractivity contribution in [2.45, 2.75) is 13.0 Å². The van der Waals surface area contributed by atoms with Crippen molar-refractivity contribution in [3.05, 3.63) is 48.6 Å². The molecule has 0 amide bonds. The zero-order valence-electron chi connectivity index (χ0n) is 8.11. The van der Waals surface area contributed by atoms with Crippen LogP contribution in [0, 0.1) is 0 Å². The Morgan fingerprint density at radius 2 is 2.00 bits per heavy atom. The highest BCUT2D eigenvalue weighted by Gasteiger charge is 1.89. The molecular weight excluding hydrogens is 198 g/mol. The van der Waals surface area contributed by atoms with Gasteiger partial charge in [0.05, 0.1) is 6.61 Å². The Labute approximate surface area is 91.3 Å². The molecule has 14 heavy (non-hydrogen) atoms. The van der Waals surface area contributed by atoms with Crippen LogP contribution in [-0.4, -0.2) is 6.54 Å². The van der Waals surface area contributed by atoms with E-state index in [1.54, 1.807) is 0 Å². The van der Waals surface area contributed by atoms with E-state index in [2.05, 4.69) is 12.1 Å². The van der Waals surface area contributed by atoms with Crippen molar-refractivity contribution < 1.29 is 4.84 Å². The maximum Gasteiger partial charge on any atom is 0.0933 e. The fourth-order valence-corrected chi connectivity index (χ4v) is 0.942. The van der Waals surface area contributed by atoms with E-state index in [9.17, 15) is 0 Å². The van der Waals surface area contributed by atoms with Gasteiger partial charge in [-0.3, -0.25) is 4.84 Å². The van der Waals surface area contributed by atoms with Crippen molar-refractivity contribution in [3.8, 4) is 0 Å². The Balaban J connectivity index is 0.00000169. The van der Waals surface area contributed by atoms with Crippen LogP contribution in [-0.2, 0) is 11.4 Å². The van der Waals surface area contributed by atoms with Crippen LogP contribution in [0.2, 0.25) is 0 Å². The van der Waals surface area contributed by atoms with Gasteiger partial charge >= 0.3 is 0 Å². The van der Waals surface area contributed by atoms with Crippen LogP contribution in [0.5, 0.6) is 0 Å². The molecule has 0 radical (unpaired) electrons.